The van der Waals surface area contributed by atoms with Crippen molar-refractivity contribution in [2.75, 3.05) is 20.1 Å². The van der Waals surface area contributed by atoms with Gasteiger partial charge in [0.15, 0.2) is 11.6 Å². The first kappa shape index (κ1) is 14.4. The number of benzene rings is 1. The lowest BCUT2D eigenvalue weighted by Gasteiger charge is -2.35. The fourth-order valence-electron chi connectivity index (χ4n) is 2.77. The second-order valence-corrected chi connectivity index (χ2v) is 5.46. The summed E-state index contributed by atoms with van der Waals surface area (Å²) in [5, 5.41) is 3.30. The van der Waals surface area contributed by atoms with Gasteiger partial charge in [0.1, 0.15) is 0 Å². The molecule has 1 N–H and O–H groups in total. The maximum atomic E-state index is 13.2. The molecule has 0 saturated carbocycles. The Morgan fingerprint density at radius 3 is 2.84 bits per heavy atom. The summed E-state index contributed by atoms with van der Waals surface area (Å²) in [5.41, 5.74) is 0.844. The van der Waals surface area contributed by atoms with Crippen molar-refractivity contribution in [2.45, 2.75) is 32.4 Å². The standard InChI is InChI=1S/C15H22F2N2/c1-11(18-2)13-4-3-7-19(10-13)9-12-5-6-14(16)15(17)8-12/h5-6,8,11,13,18H,3-4,7,9-10H2,1-2H3. The van der Waals surface area contributed by atoms with Gasteiger partial charge in [0.25, 0.3) is 0 Å². The number of piperidine rings is 1. The number of hydrogen-bond acceptors (Lipinski definition) is 2. The molecule has 0 aromatic heterocycles. The predicted molar refractivity (Wildman–Crippen MR) is 72.9 cm³/mol. The van der Waals surface area contributed by atoms with Gasteiger partial charge in [-0.05, 0) is 57.0 Å². The van der Waals surface area contributed by atoms with Crippen LogP contribution in [0.4, 0.5) is 8.78 Å². The van der Waals surface area contributed by atoms with Gasteiger partial charge >= 0.3 is 0 Å². The van der Waals surface area contributed by atoms with Crippen LogP contribution >= 0.6 is 0 Å². The first-order valence-corrected chi connectivity index (χ1v) is 6.93. The molecule has 1 heterocycles. The van der Waals surface area contributed by atoms with Crippen LogP contribution in [0, 0.1) is 17.6 Å². The molecule has 2 nitrogen and oxygen atoms in total. The molecular formula is C15H22F2N2. The lowest BCUT2D eigenvalue weighted by Crippen LogP contribution is -2.43. The lowest BCUT2D eigenvalue weighted by molar-refractivity contribution is 0.147. The second kappa shape index (κ2) is 6.44. The fraction of sp³-hybridized carbons (Fsp3) is 0.600. The first-order chi connectivity index (χ1) is 9.10. The Kier molecular flexibility index (Phi) is 4.88. The highest BCUT2D eigenvalue weighted by Crippen LogP contribution is 2.21. The molecule has 19 heavy (non-hydrogen) atoms. The largest absolute Gasteiger partial charge is 0.317 e. The van der Waals surface area contributed by atoms with Gasteiger partial charge in [-0.3, -0.25) is 4.90 Å². The van der Waals surface area contributed by atoms with Crippen molar-refractivity contribution >= 4 is 0 Å². The molecule has 1 aromatic carbocycles. The molecule has 0 spiro atoms. The molecule has 1 aliphatic heterocycles. The maximum Gasteiger partial charge on any atom is 0.159 e. The Morgan fingerprint density at radius 2 is 2.16 bits per heavy atom. The van der Waals surface area contributed by atoms with Crippen LogP contribution in [0.25, 0.3) is 0 Å². The molecule has 2 atom stereocenters. The van der Waals surface area contributed by atoms with Crippen LogP contribution in [0.15, 0.2) is 18.2 Å². The quantitative estimate of drug-likeness (QED) is 0.903. The summed E-state index contributed by atoms with van der Waals surface area (Å²) in [7, 11) is 1.99. The van der Waals surface area contributed by atoms with Gasteiger partial charge in [0.05, 0.1) is 0 Å². The van der Waals surface area contributed by atoms with Gasteiger partial charge in [-0.25, -0.2) is 8.78 Å². The van der Waals surface area contributed by atoms with E-state index in [1.165, 1.54) is 25.0 Å². The van der Waals surface area contributed by atoms with E-state index in [0.29, 0.717) is 18.5 Å². The number of likely N-dealkylation sites (tertiary alicyclic amines) is 1. The summed E-state index contributed by atoms with van der Waals surface area (Å²) in [6, 6.07) is 4.68. The third kappa shape index (κ3) is 3.74. The van der Waals surface area contributed by atoms with Crippen LogP contribution < -0.4 is 5.32 Å². The van der Waals surface area contributed by atoms with E-state index in [9.17, 15) is 8.78 Å². The molecule has 106 valence electrons. The van der Waals surface area contributed by atoms with Crippen LogP contribution in [-0.4, -0.2) is 31.1 Å². The van der Waals surface area contributed by atoms with Crippen molar-refractivity contribution in [3.05, 3.63) is 35.4 Å². The van der Waals surface area contributed by atoms with Gasteiger partial charge in [-0.2, -0.15) is 0 Å². The summed E-state index contributed by atoms with van der Waals surface area (Å²) in [6.07, 6.45) is 2.40. The average Bonchev–Trinajstić information content (AvgIpc) is 2.42. The van der Waals surface area contributed by atoms with Crippen molar-refractivity contribution in [3.8, 4) is 0 Å². The summed E-state index contributed by atoms with van der Waals surface area (Å²) >= 11 is 0. The monoisotopic (exact) mass is 268 g/mol. The summed E-state index contributed by atoms with van der Waals surface area (Å²) in [5.74, 6) is -0.900. The number of rotatable bonds is 4. The Hall–Kier alpha value is -1.00. The van der Waals surface area contributed by atoms with Crippen molar-refractivity contribution in [1.29, 1.82) is 0 Å². The molecule has 1 aromatic rings. The van der Waals surface area contributed by atoms with Gasteiger partial charge in [-0.15, -0.1) is 0 Å². The topological polar surface area (TPSA) is 15.3 Å². The van der Waals surface area contributed by atoms with Crippen molar-refractivity contribution in [1.82, 2.24) is 10.2 Å². The minimum absolute atomic E-state index is 0.493. The molecule has 4 heteroatoms. The van der Waals surface area contributed by atoms with Crippen molar-refractivity contribution in [2.24, 2.45) is 5.92 Å². The second-order valence-electron chi connectivity index (χ2n) is 5.46. The molecule has 2 unspecified atom stereocenters. The molecule has 2 rings (SSSR count). The summed E-state index contributed by atoms with van der Waals surface area (Å²) < 4.78 is 26.1. The third-order valence-corrected chi connectivity index (χ3v) is 4.09. The van der Waals surface area contributed by atoms with E-state index in [4.69, 9.17) is 0 Å². The van der Waals surface area contributed by atoms with Gasteiger partial charge in [0, 0.05) is 19.1 Å². The van der Waals surface area contributed by atoms with E-state index >= 15 is 0 Å². The van der Waals surface area contributed by atoms with Crippen molar-refractivity contribution in [3.63, 3.8) is 0 Å². The van der Waals surface area contributed by atoms with E-state index in [0.717, 1.165) is 18.7 Å². The highest BCUT2D eigenvalue weighted by molar-refractivity contribution is 5.17. The molecular weight excluding hydrogens is 246 g/mol. The zero-order chi connectivity index (χ0) is 13.8. The minimum atomic E-state index is -0.774. The van der Waals surface area contributed by atoms with E-state index in [1.807, 2.05) is 7.05 Å². The number of halogens is 2. The smallest absolute Gasteiger partial charge is 0.159 e. The predicted octanol–water partition coefficient (Wildman–Crippen LogP) is 2.78. The van der Waals surface area contributed by atoms with Gasteiger partial charge < -0.3 is 5.32 Å². The Morgan fingerprint density at radius 1 is 1.37 bits per heavy atom. The van der Waals surface area contributed by atoms with Crippen LogP contribution in [-0.2, 0) is 6.54 Å². The Bertz CT molecular complexity index is 423. The Balaban J connectivity index is 1.96. The van der Waals surface area contributed by atoms with Crippen molar-refractivity contribution < 1.29 is 8.78 Å². The molecule has 0 aliphatic carbocycles. The van der Waals surface area contributed by atoms with Crippen LogP contribution in [0.5, 0.6) is 0 Å². The van der Waals surface area contributed by atoms with Gasteiger partial charge in [-0.1, -0.05) is 6.07 Å². The normalized spacial score (nSPS) is 22.4. The Labute approximate surface area is 113 Å². The molecule has 1 saturated heterocycles. The highest BCUT2D eigenvalue weighted by Gasteiger charge is 2.23. The van der Waals surface area contributed by atoms with E-state index < -0.39 is 11.6 Å². The maximum absolute atomic E-state index is 13.2. The molecule has 0 bridgehead atoms. The molecule has 0 amide bonds. The SMILES string of the molecule is CNC(C)C1CCCN(Cc2ccc(F)c(F)c2)C1. The van der Waals surface area contributed by atoms with Crippen LogP contribution in [0.2, 0.25) is 0 Å². The average molecular weight is 268 g/mol. The molecule has 1 aliphatic rings. The summed E-state index contributed by atoms with van der Waals surface area (Å²) in [6.45, 7) is 4.95. The fourth-order valence-corrected chi connectivity index (χ4v) is 2.77. The zero-order valence-electron chi connectivity index (χ0n) is 11.6. The van der Waals surface area contributed by atoms with Gasteiger partial charge in [0.2, 0.25) is 0 Å². The number of nitrogens with zero attached hydrogens (tertiary/aromatic N) is 1. The van der Waals surface area contributed by atoms with E-state index in [-0.39, 0.29) is 0 Å². The zero-order valence-corrected chi connectivity index (χ0v) is 11.6. The lowest BCUT2D eigenvalue weighted by atomic mass is 9.91. The van der Waals surface area contributed by atoms with E-state index in [2.05, 4.69) is 17.1 Å². The van der Waals surface area contributed by atoms with Crippen LogP contribution in [0.3, 0.4) is 0 Å². The van der Waals surface area contributed by atoms with Crippen LogP contribution in [0.1, 0.15) is 25.3 Å². The summed E-state index contributed by atoms with van der Waals surface area (Å²) in [4.78, 5) is 2.33. The molecule has 1 fully saturated rings. The van der Waals surface area contributed by atoms with E-state index in [1.54, 1.807) is 6.07 Å². The third-order valence-electron chi connectivity index (χ3n) is 4.09. The first-order valence-electron chi connectivity index (χ1n) is 6.93. The number of nitrogens with one attached hydrogen (secondary N) is 1. The minimum Gasteiger partial charge on any atom is -0.317 e. The molecule has 0 radical (unpaired) electrons. The highest BCUT2D eigenvalue weighted by atomic mass is 19.2. The number of hydrogen-bond donors (Lipinski definition) is 1.